The number of likely N-dealkylation sites (tertiary alicyclic amines) is 1. The molecule has 25 heavy (non-hydrogen) atoms. The molecular weight excluding hydrogens is 427 g/mol. The average Bonchev–Trinajstić information content (AvgIpc) is 2.61. The van der Waals surface area contributed by atoms with Crippen molar-refractivity contribution in [3.8, 4) is 0 Å². The van der Waals surface area contributed by atoms with Crippen molar-refractivity contribution in [2.24, 2.45) is 10.9 Å². The highest BCUT2D eigenvalue weighted by Crippen LogP contribution is 2.15. The first-order chi connectivity index (χ1) is 11.8. The standard InChI is InChI=1S/C19H36N4O.HI/c1-3-20-19(22-11-5-18-8-15-24-16-9-18)21-10-4-12-23-13-6-17(2)7-14-23;/h8,17H,3-7,9-16H2,1-2H3,(H2,20,21,22);1H. The smallest absolute Gasteiger partial charge is 0.191 e. The van der Waals surface area contributed by atoms with E-state index < -0.39 is 0 Å². The minimum absolute atomic E-state index is 0. The second-order valence-corrected chi connectivity index (χ2v) is 7.00. The molecule has 2 N–H and O–H groups in total. The predicted molar refractivity (Wildman–Crippen MR) is 117 cm³/mol. The van der Waals surface area contributed by atoms with Crippen LogP contribution in [0.1, 0.15) is 46.0 Å². The summed E-state index contributed by atoms with van der Waals surface area (Å²) in [7, 11) is 0. The van der Waals surface area contributed by atoms with E-state index in [1.165, 1.54) is 38.0 Å². The van der Waals surface area contributed by atoms with Crippen LogP contribution < -0.4 is 10.6 Å². The Morgan fingerprint density at radius 3 is 2.80 bits per heavy atom. The van der Waals surface area contributed by atoms with E-state index in [2.05, 4.69) is 35.5 Å². The maximum absolute atomic E-state index is 5.35. The highest BCUT2D eigenvalue weighted by Gasteiger charge is 2.14. The van der Waals surface area contributed by atoms with Crippen LogP contribution in [-0.2, 0) is 4.74 Å². The third-order valence-electron chi connectivity index (χ3n) is 4.92. The van der Waals surface area contributed by atoms with Gasteiger partial charge in [0.05, 0.1) is 13.2 Å². The second kappa shape index (κ2) is 13.8. The highest BCUT2D eigenvalue weighted by molar-refractivity contribution is 14.0. The van der Waals surface area contributed by atoms with Gasteiger partial charge in [-0.1, -0.05) is 18.6 Å². The third-order valence-corrected chi connectivity index (χ3v) is 4.92. The first-order valence-corrected chi connectivity index (χ1v) is 9.78. The number of aliphatic imine (C=N–C) groups is 1. The van der Waals surface area contributed by atoms with E-state index in [-0.39, 0.29) is 24.0 Å². The van der Waals surface area contributed by atoms with Crippen LogP contribution in [-0.4, -0.2) is 63.3 Å². The molecule has 0 amide bonds. The van der Waals surface area contributed by atoms with Crippen molar-refractivity contribution in [3.05, 3.63) is 11.6 Å². The molecule has 0 aliphatic carbocycles. The Balaban J connectivity index is 0.00000312. The molecule has 2 rings (SSSR count). The van der Waals surface area contributed by atoms with Gasteiger partial charge in [-0.3, -0.25) is 4.99 Å². The molecule has 0 aromatic carbocycles. The SMILES string of the molecule is CCNC(=NCCCN1CCC(C)CC1)NCCC1=CCOCC1.I. The molecule has 0 radical (unpaired) electrons. The summed E-state index contributed by atoms with van der Waals surface area (Å²) in [6.07, 6.45) is 8.23. The Morgan fingerprint density at radius 1 is 1.32 bits per heavy atom. The number of hydrogen-bond acceptors (Lipinski definition) is 3. The van der Waals surface area contributed by atoms with Gasteiger partial charge in [-0.05, 0) is 64.6 Å². The summed E-state index contributed by atoms with van der Waals surface area (Å²) in [6, 6.07) is 0. The lowest BCUT2D eigenvalue weighted by Crippen LogP contribution is -2.38. The van der Waals surface area contributed by atoms with Crippen molar-refractivity contribution >= 4 is 29.9 Å². The first-order valence-electron chi connectivity index (χ1n) is 9.78. The largest absolute Gasteiger partial charge is 0.377 e. The van der Waals surface area contributed by atoms with E-state index >= 15 is 0 Å². The fourth-order valence-corrected chi connectivity index (χ4v) is 3.25. The topological polar surface area (TPSA) is 48.9 Å². The van der Waals surface area contributed by atoms with Crippen LogP contribution in [0.3, 0.4) is 0 Å². The van der Waals surface area contributed by atoms with Crippen molar-refractivity contribution in [2.45, 2.75) is 46.0 Å². The number of halogens is 1. The number of hydrogen-bond donors (Lipinski definition) is 2. The van der Waals surface area contributed by atoms with Crippen molar-refractivity contribution in [2.75, 3.05) is 52.5 Å². The molecular formula is C19H37IN4O. The molecule has 2 heterocycles. The zero-order valence-electron chi connectivity index (χ0n) is 16.1. The minimum Gasteiger partial charge on any atom is -0.377 e. The van der Waals surface area contributed by atoms with Gasteiger partial charge in [0.25, 0.3) is 0 Å². The molecule has 6 heteroatoms. The molecule has 0 saturated carbocycles. The molecule has 0 aromatic rings. The molecule has 0 spiro atoms. The van der Waals surface area contributed by atoms with Crippen LogP contribution in [0.5, 0.6) is 0 Å². The summed E-state index contributed by atoms with van der Waals surface area (Å²) >= 11 is 0. The molecule has 5 nitrogen and oxygen atoms in total. The zero-order valence-corrected chi connectivity index (χ0v) is 18.4. The number of rotatable bonds is 8. The van der Waals surface area contributed by atoms with Crippen LogP contribution in [0.2, 0.25) is 0 Å². The summed E-state index contributed by atoms with van der Waals surface area (Å²) in [5.74, 6) is 1.87. The molecule has 1 saturated heterocycles. The summed E-state index contributed by atoms with van der Waals surface area (Å²) in [5, 5.41) is 6.80. The Kier molecular flexibility index (Phi) is 12.5. The van der Waals surface area contributed by atoms with E-state index in [1.807, 2.05) is 0 Å². The normalized spacial score (nSPS) is 19.9. The van der Waals surface area contributed by atoms with Crippen LogP contribution in [0.25, 0.3) is 0 Å². The molecule has 0 unspecified atom stereocenters. The zero-order chi connectivity index (χ0) is 17.0. The van der Waals surface area contributed by atoms with Crippen molar-refractivity contribution < 1.29 is 4.74 Å². The van der Waals surface area contributed by atoms with Crippen molar-refractivity contribution in [1.29, 1.82) is 0 Å². The van der Waals surface area contributed by atoms with Crippen LogP contribution in [0, 0.1) is 5.92 Å². The summed E-state index contributed by atoms with van der Waals surface area (Å²) in [4.78, 5) is 7.31. The lowest BCUT2D eigenvalue weighted by atomic mass is 9.99. The van der Waals surface area contributed by atoms with E-state index in [0.29, 0.717) is 0 Å². The van der Waals surface area contributed by atoms with Crippen molar-refractivity contribution in [3.63, 3.8) is 0 Å². The van der Waals surface area contributed by atoms with Gasteiger partial charge in [-0.15, -0.1) is 24.0 Å². The summed E-state index contributed by atoms with van der Waals surface area (Å²) < 4.78 is 5.35. The van der Waals surface area contributed by atoms with Gasteiger partial charge in [-0.25, -0.2) is 0 Å². The number of nitrogens with zero attached hydrogens (tertiary/aromatic N) is 2. The Morgan fingerprint density at radius 2 is 2.12 bits per heavy atom. The van der Waals surface area contributed by atoms with Crippen molar-refractivity contribution in [1.82, 2.24) is 15.5 Å². The lowest BCUT2D eigenvalue weighted by molar-refractivity contribution is 0.153. The Labute approximate surface area is 171 Å². The van der Waals surface area contributed by atoms with Crippen LogP contribution in [0.15, 0.2) is 16.6 Å². The molecule has 0 aromatic heterocycles. The maximum atomic E-state index is 5.35. The fraction of sp³-hybridized carbons (Fsp3) is 0.842. The number of piperidine rings is 1. The molecule has 1 fully saturated rings. The Bertz CT molecular complexity index is 406. The lowest BCUT2D eigenvalue weighted by Gasteiger charge is -2.29. The molecule has 146 valence electrons. The predicted octanol–water partition coefficient (Wildman–Crippen LogP) is 3.02. The molecule has 2 aliphatic heterocycles. The van der Waals surface area contributed by atoms with E-state index in [9.17, 15) is 0 Å². The quantitative estimate of drug-likeness (QED) is 0.191. The van der Waals surface area contributed by atoms with Gasteiger partial charge >= 0.3 is 0 Å². The van der Waals surface area contributed by atoms with E-state index in [4.69, 9.17) is 9.73 Å². The van der Waals surface area contributed by atoms with Gasteiger partial charge in [0.2, 0.25) is 0 Å². The van der Waals surface area contributed by atoms with Gasteiger partial charge < -0.3 is 20.3 Å². The van der Waals surface area contributed by atoms with Gasteiger partial charge in [-0.2, -0.15) is 0 Å². The first kappa shape index (κ1) is 22.7. The minimum atomic E-state index is 0. The summed E-state index contributed by atoms with van der Waals surface area (Å²) in [5.41, 5.74) is 1.50. The highest BCUT2D eigenvalue weighted by atomic mass is 127. The average molecular weight is 464 g/mol. The number of guanidine groups is 1. The number of nitrogens with one attached hydrogen (secondary N) is 2. The van der Waals surface area contributed by atoms with Gasteiger partial charge in [0.15, 0.2) is 5.96 Å². The fourth-order valence-electron chi connectivity index (χ4n) is 3.25. The van der Waals surface area contributed by atoms with Crippen LogP contribution in [0.4, 0.5) is 0 Å². The summed E-state index contributed by atoms with van der Waals surface area (Å²) in [6.45, 7) is 12.6. The van der Waals surface area contributed by atoms with Gasteiger partial charge in [0, 0.05) is 19.6 Å². The molecule has 0 atom stereocenters. The number of ether oxygens (including phenoxy) is 1. The van der Waals surface area contributed by atoms with Gasteiger partial charge in [0.1, 0.15) is 0 Å². The van der Waals surface area contributed by atoms with Crippen LogP contribution >= 0.6 is 24.0 Å². The van der Waals surface area contributed by atoms with E-state index in [0.717, 1.165) is 64.0 Å². The maximum Gasteiger partial charge on any atom is 0.191 e. The van der Waals surface area contributed by atoms with E-state index in [1.54, 1.807) is 0 Å². The third kappa shape index (κ3) is 9.80. The second-order valence-electron chi connectivity index (χ2n) is 7.00. The Hall–Kier alpha value is -0.340. The molecule has 2 aliphatic rings. The molecule has 0 bridgehead atoms. The monoisotopic (exact) mass is 464 g/mol.